The summed E-state index contributed by atoms with van der Waals surface area (Å²) in [6.07, 6.45) is 0. The molecule has 1 saturated heterocycles. The minimum Gasteiger partial charge on any atom is -0.335 e. The summed E-state index contributed by atoms with van der Waals surface area (Å²) in [5.41, 5.74) is 3.29. The molecule has 2 amide bonds. The monoisotopic (exact) mass is 439 g/mol. The summed E-state index contributed by atoms with van der Waals surface area (Å²) in [6, 6.07) is 24.6. The molecule has 5 rings (SSSR count). The first-order chi connectivity index (χ1) is 16.1. The minimum atomic E-state index is -0.321. The Morgan fingerprint density at radius 1 is 0.727 bits per heavy atom. The number of halogens is 1. The second-order valence-electron chi connectivity index (χ2n) is 8.03. The molecular weight excluding hydrogens is 417 g/mol. The third-order valence-electron chi connectivity index (χ3n) is 5.96. The van der Waals surface area contributed by atoms with Gasteiger partial charge in [0.25, 0.3) is 11.8 Å². The molecule has 0 bridgehead atoms. The molecule has 1 aliphatic heterocycles. The quantitative estimate of drug-likeness (QED) is 0.467. The average molecular weight is 439 g/mol. The lowest BCUT2D eigenvalue weighted by molar-refractivity contribution is 0.0536. The molecule has 1 fully saturated rings. The number of para-hydroxylation sites is 1. The first kappa shape index (κ1) is 20.8. The fourth-order valence-corrected chi connectivity index (χ4v) is 4.17. The average Bonchev–Trinajstić information content (AvgIpc) is 2.88. The van der Waals surface area contributed by atoms with E-state index < -0.39 is 0 Å². The van der Waals surface area contributed by atoms with Crippen LogP contribution in [-0.4, -0.2) is 52.8 Å². The van der Waals surface area contributed by atoms with Crippen molar-refractivity contribution >= 4 is 22.7 Å². The largest absolute Gasteiger partial charge is 0.335 e. The summed E-state index contributed by atoms with van der Waals surface area (Å²) in [5.74, 6) is -0.432. The Bertz CT molecular complexity index is 1310. The van der Waals surface area contributed by atoms with E-state index in [1.165, 1.54) is 12.1 Å². The topological polar surface area (TPSA) is 53.5 Å². The number of piperazine rings is 1. The van der Waals surface area contributed by atoms with Gasteiger partial charge in [-0.1, -0.05) is 36.4 Å². The molecule has 0 unspecified atom stereocenters. The van der Waals surface area contributed by atoms with Gasteiger partial charge in [-0.3, -0.25) is 9.59 Å². The van der Waals surface area contributed by atoms with Gasteiger partial charge < -0.3 is 9.80 Å². The van der Waals surface area contributed by atoms with Crippen LogP contribution in [0.4, 0.5) is 4.39 Å². The van der Waals surface area contributed by atoms with E-state index in [1.807, 2.05) is 42.5 Å². The van der Waals surface area contributed by atoms with Crippen molar-refractivity contribution in [2.24, 2.45) is 0 Å². The van der Waals surface area contributed by atoms with Crippen molar-refractivity contribution in [2.75, 3.05) is 26.2 Å². The Kier molecular flexibility index (Phi) is 5.57. The molecule has 6 heteroatoms. The van der Waals surface area contributed by atoms with Crippen LogP contribution in [0.3, 0.4) is 0 Å². The number of rotatable bonds is 3. The first-order valence-corrected chi connectivity index (χ1v) is 10.9. The highest BCUT2D eigenvalue weighted by molar-refractivity contribution is 6.07. The summed E-state index contributed by atoms with van der Waals surface area (Å²) in [4.78, 5) is 34.5. The zero-order valence-corrected chi connectivity index (χ0v) is 17.9. The second kappa shape index (κ2) is 8.82. The Labute approximate surface area is 191 Å². The van der Waals surface area contributed by atoms with E-state index in [1.54, 1.807) is 40.1 Å². The van der Waals surface area contributed by atoms with Crippen LogP contribution in [0.5, 0.6) is 0 Å². The Balaban J connectivity index is 1.40. The van der Waals surface area contributed by atoms with Gasteiger partial charge in [-0.05, 0) is 48.5 Å². The lowest BCUT2D eigenvalue weighted by Gasteiger charge is -2.35. The second-order valence-corrected chi connectivity index (χ2v) is 8.03. The fraction of sp³-hybridized carbons (Fsp3) is 0.148. The van der Waals surface area contributed by atoms with E-state index in [0.29, 0.717) is 48.5 Å². The summed E-state index contributed by atoms with van der Waals surface area (Å²) < 4.78 is 13.4. The molecule has 0 radical (unpaired) electrons. The SMILES string of the molecule is O=C(c1ccccc1)N1CCN(C(=O)c2cc(-c3ccc(F)cc3)nc3ccccc23)CC1. The van der Waals surface area contributed by atoms with Gasteiger partial charge in [-0.15, -0.1) is 0 Å². The molecule has 0 aliphatic carbocycles. The molecule has 1 aliphatic rings. The molecule has 0 saturated carbocycles. The zero-order chi connectivity index (χ0) is 22.8. The maximum Gasteiger partial charge on any atom is 0.254 e. The smallest absolute Gasteiger partial charge is 0.254 e. The van der Waals surface area contributed by atoms with Crippen LogP contribution in [0.1, 0.15) is 20.7 Å². The van der Waals surface area contributed by atoms with E-state index in [0.717, 1.165) is 10.9 Å². The van der Waals surface area contributed by atoms with E-state index in [4.69, 9.17) is 0 Å². The maximum atomic E-state index is 13.5. The summed E-state index contributed by atoms with van der Waals surface area (Å²) in [6.45, 7) is 1.88. The summed E-state index contributed by atoms with van der Waals surface area (Å²) >= 11 is 0. The number of pyridine rings is 1. The van der Waals surface area contributed by atoms with Gasteiger partial charge in [-0.2, -0.15) is 0 Å². The van der Waals surface area contributed by atoms with Crippen LogP contribution >= 0.6 is 0 Å². The van der Waals surface area contributed by atoms with Gasteiger partial charge in [0, 0.05) is 42.7 Å². The number of hydrogen-bond acceptors (Lipinski definition) is 3. The first-order valence-electron chi connectivity index (χ1n) is 10.9. The third kappa shape index (κ3) is 4.20. The van der Waals surface area contributed by atoms with E-state index in [2.05, 4.69) is 4.98 Å². The van der Waals surface area contributed by atoms with Gasteiger partial charge in [0.2, 0.25) is 0 Å². The molecule has 5 nitrogen and oxygen atoms in total. The molecule has 3 aromatic carbocycles. The number of carbonyl (C=O) groups excluding carboxylic acids is 2. The molecule has 2 heterocycles. The summed E-state index contributed by atoms with van der Waals surface area (Å²) in [7, 11) is 0. The van der Waals surface area contributed by atoms with Gasteiger partial charge in [0.05, 0.1) is 16.8 Å². The predicted octanol–water partition coefficient (Wildman–Crippen LogP) is 4.64. The number of fused-ring (bicyclic) bond motifs is 1. The number of carbonyl (C=O) groups is 2. The standard InChI is InChI=1S/C27H22FN3O2/c28-21-12-10-19(11-13-21)25-18-23(22-8-4-5-9-24(22)29-25)27(33)31-16-14-30(15-17-31)26(32)20-6-2-1-3-7-20/h1-13,18H,14-17H2. The van der Waals surface area contributed by atoms with Crippen LogP contribution in [0.15, 0.2) is 84.9 Å². The normalized spacial score (nSPS) is 13.8. The van der Waals surface area contributed by atoms with Crippen molar-refractivity contribution in [1.29, 1.82) is 0 Å². The van der Waals surface area contributed by atoms with Crippen LogP contribution in [-0.2, 0) is 0 Å². The van der Waals surface area contributed by atoms with Crippen molar-refractivity contribution in [3.63, 3.8) is 0 Å². The Morgan fingerprint density at radius 2 is 1.33 bits per heavy atom. The van der Waals surface area contributed by atoms with Crippen LogP contribution < -0.4 is 0 Å². The van der Waals surface area contributed by atoms with Crippen LogP contribution in [0.25, 0.3) is 22.2 Å². The molecule has 0 N–H and O–H groups in total. The Morgan fingerprint density at radius 3 is 2.03 bits per heavy atom. The molecular formula is C27H22FN3O2. The van der Waals surface area contributed by atoms with Crippen molar-refractivity contribution in [3.8, 4) is 11.3 Å². The minimum absolute atomic E-state index is 0.0179. The van der Waals surface area contributed by atoms with Crippen molar-refractivity contribution in [1.82, 2.24) is 14.8 Å². The van der Waals surface area contributed by atoms with Gasteiger partial charge in [0.1, 0.15) is 5.82 Å². The van der Waals surface area contributed by atoms with Crippen LogP contribution in [0.2, 0.25) is 0 Å². The lowest BCUT2D eigenvalue weighted by atomic mass is 10.0. The fourth-order valence-electron chi connectivity index (χ4n) is 4.17. The molecule has 0 atom stereocenters. The highest BCUT2D eigenvalue weighted by Gasteiger charge is 2.27. The molecule has 4 aromatic rings. The van der Waals surface area contributed by atoms with E-state index >= 15 is 0 Å². The predicted molar refractivity (Wildman–Crippen MR) is 125 cm³/mol. The third-order valence-corrected chi connectivity index (χ3v) is 5.96. The van der Waals surface area contributed by atoms with Gasteiger partial charge >= 0.3 is 0 Å². The number of aromatic nitrogens is 1. The number of nitrogens with zero attached hydrogens (tertiary/aromatic N) is 3. The van der Waals surface area contributed by atoms with Crippen LogP contribution in [0, 0.1) is 5.82 Å². The number of amides is 2. The van der Waals surface area contributed by atoms with Crippen molar-refractivity contribution < 1.29 is 14.0 Å². The number of benzene rings is 3. The maximum absolute atomic E-state index is 13.5. The molecule has 0 spiro atoms. The Hall–Kier alpha value is -4.06. The highest BCUT2D eigenvalue weighted by Crippen LogP contribution is 2.26. The van der Waals surface area contributed by atoms with Crippen molar-refractivity contribution in [2.45, 2.75) is 0 Å². The zero-order valence-electron chi connectivity index (χ0n) is 17.9. The lowest BCUT2D eigenvalue weighted by Crippen LogP contribution is -2.50. The highest BCUT2D eigenvalue weighted by atomic mass is 19.1. The number of hydrogen-bond donors (Lipinski definition) is 0. The van der Waals surface area contributed by atoms with E-state index in [9.17, 15) is 14.0 Å². The van der Waals surface area contributed by atoms with E-state index in [-0.39, 0.29) is 17.6 Å². The molecule has 1 aromatic heterocycles. The van der Waals surface area contributed by atoms with Gasteiger partial charge in [0.15, 0.2) is 0 Å². The summed E-state index contributed by atoms with van der Waals surface area (Å²) in [5, 5.41) is 0.774. The van der Waals surface area contributed by atoms with Gasteiger partial charge in [-0.25, -0.2) is 9.37 Å². The molecule has 33 heavy (non-hydrogen) atoms. The molecule has 164 valence electrons. The van der Waals surface area contributed by atoms with Crippen molar-refractivity contribution in [3.05, 3.63) is 102 Å².